The van der Waals surface area contributed by atoms with E-state index in [-0.39, 0.29) is 5.41 Å². The van der Waals surface area contributed by atoms with Gasteiger partial charge in [-0.25, -0.2) is 0 Å². The first kappa shape index (κ1) is 13.7. The van der Waals surface area contributed by atoms with Crippen molar-refractivity contribution in [3.05, 3.63) is 29.6 Å². The highest BCUT2D eigenvalue weighted by atomic mass is 14.9. The third-order valence-electron chi connectivity index (χ3n) is 2.93. The van der Waals surface area contributed by atoms with Crippen LogP contribution in [0.25, 0.3) is 0 Å². The second-order valence-electron chi connectivity index (χ2n) is 5.19. The summed E-state index contributed by atoms with van der Waals surface area (Å²) in [6.45, 7) is 8.14. The molecule has 0 saturated carbocycles. The lowest BCUT2D eigenvalue weighted by Gasteiger charge is -2.23. The summed E-state index contributed by atoms with van der Waals surface area (Å²) in [7, 11) is 0. The molecule has 1 N–H and O–H groups in total. The van der Waals surface area contributed by atoms with Gasteiger partial charge in [0.25, 0.3) is 0 Å². The van der Waals surface area contributed by atoms with Gasteiger partial charge in [0, 0.05) is 25.7 Å². The molecule has 92 valence electrons. The molecule has 0 amide bonds. The van der Waals surface area contributed by atoms with Gasteiger partial charge < -0.3 is 5.32 Å². The molecule has 1 aromatic heterocycles. The molecule has 0 fully saturated rings. The molecule has 0 aliphatic heterocycles. The lowest BCUT2D eigenvalue weighted by Crippen LogP contribution is -2.29. The van der Waals surface area contributed by atoms with E-state index in [9.17, 15) is 0 Å². The summed E-state index contributed by atoms with van der Waals surface area (Å²) in [6.07, 6.45) is 3.37. The van der Waals surface area contributed by atoms with Crippen LogP contribution in [0.4, 0.5) is 0 Å². The van der Waals surface area contributed by atoms with Crippen molar-refractivity contribution in [3.8, 4) is 6.07 Å². The van der Waals surface area contributed by atoms with E-state index in [1.165, 1.54) is 5.56 Å². The Bertz CT molecular complexity index is 391. The van der Waals surface area contributed by atoms with Crippen molar-refractivity contribution in [2.75, 3.05) is 6.54 Å². The predicted molar refractivity (Wildman–Crippen MR) is 69.3 cm³/mol. The number of nitriles is 1. The van der Waals surface area contributed by atoms with Crippen molar-refractivity contribution in [2.45, 2.75) is 40.2 Å². The zero-order chi connectivity index (χ0) is 12.7. The van der Waals surface area contributed by atoms with E-state index in [4.69, 9.17) is 5.26 Å². The number of aryl methyl sites for hydroxylation is 1. The van der Waals surface area contributed by atoms with Gasteiger partial charge in [-0.15, -0.1) is 0 Å². The molecule has 0 radical (unpaired) electrons. The molecule has 0 aliphatic rings. The van der Waals surface area contributed by atoms with E-state index in [0.29, 0.717) is 6.42 Å². The molecule has 0 atom stereocenters. The molecule has 0 unspecified atom stereocenters. The molecule has 0 spiro atoms. The van der Waals surface area contributed by atoms with E-state index in [2.05, 4.69) is 43.2 Å². The fourth-order valence-corrected chi connectivity index (χ4v) is 1.71. The van der Waals surface area contributed by atoms with Gasteiger partial charge in [0.2, 0.25) is 0 Å². The lowest BCUT2D eigenvalue weighted by atomic mass is 9.88. The SMILES string of the molecule is Cc1cccnc1CNCC(C)(C)CCC#N. The highest BCUT2D eigenvalue weighted by Crippen LogP contribution is 2.20. The number of nitrogens with zero attached hydrogens (tertiary/aromatic N) is 2. The minimum atomic E-state index is 0.165. The van der Waals surface area contributed by atoms with Crippen LogP contribution in [-0.2, 0) is 6.54 Å². The Balaban J connectivity index is 2.38. The normalized spacial score (nSPS) is 11.2. The van der Waals surface area contributed by atoms with Crippen LogP contribution in [0, 0.1) is 23.7 Å². The van der Waals surface area contributed by atoms with Crippen LogP contribution in [0.5, 0.6) is 0 Å². The summed E-state index contributed by atoms with van der Waals surface area (Å²) in [6, 6.07) is 6.23. The van der Waals surface area contributed by atoms with Gasteiger partial charge in [-0.3, -0.25) is 4.98 Å². The number of hydrogen-bond donors (Lipinski definition) is 1. The van der Waals surface area contributed by atoms with Crippen LogP contribution in [-0.4, -0.2) is 11.5 Å². The second kappa shape index (κ2) is 6.36. The molecular weight excluding hydrogens is 210 g/mol. The third-order valence-corrected chi connectivity index (χ3v) is 2.93. The van der Waals surface area contributed by atoms with E-state index in [0.717, 1.165) is 25.2 Å². The van der Waals surface area contributed by atoms with E-state index in [1.807, 2.05) is 12.3 Å². The maximum atomic E-state index is 8.59. The summed E-state index contributed by atoms with van der Waals surface area (Å²) in [5, 5.41) is 12.0. The predicted octanol–water partition coefficient (Wildman–Crippen LogP) is 2.81. The van der Waals surface area contributed by atoms with Crippen molar-refractivity contribution >= 4 is 0 Å². The van der Waals surface area contributed by atoms with Crippen molar-refractivity contribution < 1.29 is 0 Å². The quantitative estimate of drug-likeness (QED) is 0.819. The maximum absolute atomic E-state index is 8.59. The Morgan fingerprint density at radius 2 is 2.24 bits per heavy atom. The molecule has 17 heavy (non-hydrogen) atoms. The fraction of sp³-hybridized carbons (Fsp3) is 0.571. The summed E-state index contributed by atoms with van der Waals surface area (Å²) < 4.78 is 0. The Hall–Kier alpha value is -1.40. The summed E-state index contributed by atoms with van der Waals surface area (Å²) >= 11 is 0. The van der Waals surface area contributed by atoms with E-state index in [1.54, 1.807) is 0 Å². The standard InChI is InChI=1S/C14H21N3/c1-12-6-4-9-17-13(12)10-16-11-14(2,3)7-5-8-15/h4,6,9,16H,5,7,10-11H2,1-3H3. The Labute approximate surface area is 104 Å². The fourth-order valence-electron chi connectivity index (χ4n) is 1.71. The van der Waals surface area contributed by atoms with Gasteiger partial charge in [-0.1, -0.05) is 19.9 Å². The number of hydrogen-bond acceptors (Lipinski definition) is 3. The van der Waals surface area contributed by atoms with E-state index < -0.39 is 0 Å². The highest BCUT2D eigenvalue weighted by Gasteiger charge is 2.16. The Morgan fingerprint density at radius 1 is 1.47 bits per heavy atom. The number of rotatable bonds is 6. The van der Waals surface area contributed by atoms with Crippen molar-refractivity contribution in [2.24, 2.45) is 5.41 Å². The molecule has 0 aromatic carbocycles. The molecule has 0 aliphatic carbocycles. The topological polar surface area (TPSA) is 48.7 Å². The molecule has 3 heteroatoms. The first-order valence-electron chi connectivity index (χ1n) is 6.03. The first-order valence-corrected chi connectivity index (χ1v) is 6.03. The maximum Gasteiger partial charge on any atom is 0.0621 e. The average molecular weight is 231 g/mol. The van der Waals surface area contributed by atoms with Crippen LogP contribution in [0.1, 0.15) is 37.9 Å². The minimum Gasteiger partial charge on any atom is -0.311 e. The molecule has 1 heterocycles. The van der Waals surface area contributed by atoms with Crippen molar-refractivity contribution in [3.63, 3.8) is 0 Å². The number of aromatic nitrogens is 1. The van der Waals surface area contributed by atoms with Crippen LogP contribution in [0.15, 0.2) is 18.3 Å². The molecule has 0 bridgehead atoms. The summed E-state index contributed by atoms with van der Waals surface area (Å²) in [4.78, 5) is 4.35. The van der Waals surface area contributed by atoms with Gasteiger partial charge in [0.05, 0.1) is 11.8 Å². The smallest absolute Gasteiger partial charge is 0.0621 e. The third kappa shape index (κ3) is 4.97. The number of pyridine rings is 1. The van der Waals surface area contributed by atoms with Crippen molar-refractivity contribution in [1.82, 2.24) is 10.3 Å². The molecule has 3 nitrogen and oxygen atoms in total. The summed E-state index contributed by atoms with van der Waals surface area (Å²) in [5.74, 6) is 0. The van der Waals surface area contributed by atoms with Crippen LogP contribution < -0.4 is 5.32 Å². The monoisotopic (exact) mass is 231 g/mol. The Kier molecular flexibility index (Phi) is 5.11. The second-order valence-corrected chi connectivity index (χ2v) is 5.19. The molecule has 0 saturated heterocycles. The summed E-state index contributed by atoms with van der Waals surface area (Å²) in [5.41, 5.74) is 2.48. The lowest BCUT2D eigenvalue weighted by molar-refractivity contribution is 0.317. The van der Waals surface area contributed by atoms with Gasteiger partial charge >= 0.3 is 0 Å². The Morgan fingerprint density at radius 3 is 2.88 bits per heavy atom. The number of nitrogens with one attached hydrogen (secondary N) is 1. The molecule has 1 rings (SSSR count). The first-order chi connectivity index (χ1) is 8.05. The van der Waals surface area contributed by atoms with Gasteiger partial charge in [-0.2, -0.15) is 5.26 Å². The highest BCUT2D eigenvalue weighted by molar-refractivity contribution is 5.17. The zero-order valence-corrected chi connectivity index (χ0v) is 11.0. The van der Waals surface area contributed by atoms with Crippen molar-refractivity contribution in [1.29, 1.82) is 5.26 Å². The largest absolute Gasteiger partial charge is 0.311 e. The van der Waals surface area contributed by atoms with E-state index >= 15 is 0 Å². The average Bonchev–Trinajstić information content (AvgIpc) is 2.29. The van der Waals surface area contributed by atoms with Gasteiger partial charge in [-0.05, 0) is 30.4 Å². The van der Waals surface area contributed by atoms with Crippen LogP contribution in [0.2, 0.25) is 0 Å². The van der Waals surface area contributed by atoms with Crippen LogP contribution in [0.3, 0.4) is 0 Å². The van der Waals surface area contributed by atoms with Crippen LogP contribution >= 0.6 is 0 Å². The minimum absolute atomic E-state index is 0.165. The zero-order valence-electron chi connectivity index (χ0n) is 11.0. The van der Waals surface area contributed by atoms with Gasteiger partial charge in [0.1, 0.15) is 0 Å². The molecular formula is C14H21N3. The molecule has 1 aromatic rings. The van der Waals surface area contributed by atoms with Gasteiger partial charge in [0.15, 0.2) is 0 Å².